The van der Waals surface area contributed by atoms with Crippen molar-refractivity contribution in [3.63, 3.8) is 0 Å². The summed E-state index contributed by atoms with van der Waals surface area (Å²) in [5, 5.41) is 3.35. The standard InChI is InChI=1S/C18H29NO/c1-7-10-19-12-15(3)13-20-17-9-8-14(2)11-16(17)18(4,5)6/h8-9,11,19H,3,7,10,12-13H2,1-2,4-6H3. The molecule has 0 unspecified atom stereocenters. The summed E-state index contributed by atoms with van der Waals surface area (Å²) in [4.78, 5) is 0. The van der Waals surface area contributed by atoms with E-state index in [4.69, 9.17) is 4.74 Å². The highest BCUT2D eigenvalue weighted by atomic mass is 16.5. The number of hydrogen-bond acceptors (Lipinski definition) is 2. The van der Waals surface area contributed by atoms with Crippen LogP contribution in [0.1, 0.15) is 45.2 Å². The first kappa shape index (κ1) is 16.8. The summed E-state index contributed by atoms with van der Waals surface area (Å²) < 4.78 is 5.97. The van der Waals surface area contributed by atoms with Crippen LogP contribution in [0, 0.1) is 6.92 Å². The largest absolute Gasteiger partial charge is 0.489 e. The number of hydrogen-bond donors (Lipinski definition) is 1. The van der Waals surface area contributed by atoms with Crippen molar-refractivity contribution in [2.45, 2.75) is 46.5 Å². The van der Waals surface area contributed by atoms with E-state index in [1.54, 1.807) is 0 Å². The zero-order valence-corrected chi connectivity index (χ0v) is 13.7. The van der Waals surface area contributed by atoms with Crippen molar-refractivity contribution in [2.24, 2.45) is 0 Å². The van der Waals surface area contributed by atoms with Crippen LogP contribution in [0.4, 0.5) is 0 Å². The Balaban J connectivity index is 2.66. The lowest BCUT2D eigenvalue weighted by Crippen LogP contribution is -2.21. The maximum Gasteiger partial charge on any atom is 0.123 e. The molecular weight excluding hydrogens is 246 g/mol. The molecule has 0 radical (unpaired) electrons. The molecule has 0 bridgehead atoms. The number of benzene rings is 1. The van der Waals surface area contributed by atoms with Gasteiger partial charge in [0.25, 0.3) is 0 Å². The molecule has 0 heterocycles. The lowest BCUT2D eigenvalue weighted by Gasteiger charge is -2.23. The minimum absolute atomic E-state index is 0.0865. The van der Waals surface area contributed by atoms with E-state index in [-0.39, 0.29) is 5.41 Å². The van der Waals surface area contributed by atoms with Crippen LogP contribution in [0.15, 0.2) is 30.4 Å². The number of nitrogens with one attached hydrogen (secondary N) is 1. The topological polar surface area (TPSA) is 21.3 Å². The quantitative estimate of drug-likeness (QED) is 0.594. The van der Waals surface area contributed by atoms with Gasteiger partial charge in [0.15, 0.2) is 0 Å². The third kappa shape index (κ3) is 5.38. The Bertz CT molecular complexity index is 443. The van der Waals surface area contributed by atoms with Crippen molar-refractivity contribution < 1.29 is 4.74 Å². The van der Waals surface area contributed by atoms with Crippen LogP contribution in [0.5, 0.6) is 5.75 Å². The molecule has 1 rings (SSSR count). The second kappa shape index (κ2) is 7.49. The summed E-state index contributed by atoms with van der Waals surface area (Å²) >= 11 is 0. The van der Waals surface area contributed by atoms with Crippen molar-refractivity contribution in [1.82, 2.24) is 5.32 Å². The Morgan fingerprint density at radius 3 is 2.60 bits per heavy atom. The predicted molar refractivity (Wildman–Crippen MR) is 87.7 cm³/mol. The SMILES string of the molecule is C=C(CNCCC)COc1ccc(C)cc1C(C)(C)C. The molecule has 20 heavy (non-hydrogen) atoms. The van der Waals surface area contributed by atoms with Crippen LogP contribution in [-0.2, 0) is 5.41 Å². The summed E-state index contributed by atoms with van der Waals surface area (Å²) in [7, 11) is 0. The lowest BCUT2D eigenvalue weighted by atomic mass is 9.85. The molecule has 1 N–H and O–H groups in total. The number of aryl methyl sites for hydroxylation is 1. The molecule has 112 valence electrons. The molecule has 1 aromatic rings. The van der Waals surface area contributed by atoms with E-state index < -0.39 is 0 Å². The molecule has 0 aliphatic rings. The molecule has 0 atom stereocenters. The van der Waals surface area contributed by atoms with E-state index in [2.05, 4.69) is 64.7 Å². The van der Waals surface area contributed by atoms with E-state index in [1.165, 1.54) is 11.1 Å². The molecule has 2 nitrogen and oxygen atoms in total. The normalized spacial score (nSPS) is 11.4. The van der Waals surface area contributed by atoms with Gasteiger partial charge in [0.1, 0.15) is 12.4 Å². The zero-order chi connectivity index (χ0) is 15.2. The van der Waals surface area contributed by atoms with Gasteiger partial charge in [0.2, 0.25) is 0 Å². The van der Waals surface area contributed by atoms with E-state index in [9.17, 15) is 0 Å². The van der Waals surface area contributed by atoms with Crippen LogP contribution in [0.2, 0.25) is 0 Å². The first-order valence-electron chi connectivity index (χ1n) is 7.46. The second-order valence-corrected chi connectivity index (χ2v) is 6.47. The smallest absolute Gasteiger partial charge is 0.123 e. The van der Waals surface area contributed by atoms with E-state index >= 15 is 0 Å². The van der Waals surface area contributed by atoms with E-state index in [0.717, 1.165) is 30.8 Å². The van der Waals surface area contributed by atoms with Crippen molar-refractivity contribution in [1.29, 1.82) is 0 Å². The Morgan fingerprint density at radius 2 is 2.00 bits per heavy atom. The summed E-state index contributed by atoms with van der Waals surface area (Å²) in [6, 6.07) is 6.39. The van der Waals surface area contributed by atoms with Crippen LogP contribution >= 0.6 is 0 Å². The summed E-state index contributed by atoms with van der Waals surface area (Å²) in [5.41, 5.74) is 3.69. The highest BCUT2D eigenvalue weighted by Gasteiger charge is 2.19. The summed E-state index contributed by atoms with van der Waals surface area (Å²) in [6.07, 6.45) is 1.14. The summed E-state index contributed by atoms with van der Waals surface area (Å²) in [6.45, 7) is 17.4. The van der Waals surface area contributed by atoms with E-state index in [0.29, 0.717) is 6.61 Å². The van der Waals surface area contributed by atoms with Crippen molar-refractivity contribution >= 4 is 0 Å². The molecular formula is C18H29NO. The molecule has 0 aliphatic carbocycles. The first-order valence-corrected chi connectivity index (χ1v) is 7.46. The second-order valence-electron chi connectivity index (χ2n) is 6.47. The molecule has 0 saturated heterocycles. The molecule has 2 heteroatoms. The average molecular weight is 275 g/mol. The zero-order valence-electron chi connectivity index (χ0n) is 13.7. The molecule has 0 amide bonds. The molecule has 0 fully saturated rings. The fourth-order valence-electron chi connectivity index (χ4n) is 2.03. The van der Waals surface area contributed by atoms with Crippen molar-refractivity contribution in [3.8, 4) is 5.75 Å². The Hall–Kier alpha value is -1.28. The van der Waals surface area contributed by atoms with Crippen molar-refractivity contribution in [2.75, 3.05) is 19.7 Å². The third-order valence-corrected chi connectivity index (χ3v) is 3.18. The number of rotatable bonds is 7. The minimum Gasteiger partial charge on any atom is -0.489 e. The van der Waals surface area contributed by atoms with Gasteiger partial charge in [-0.2, -0.15) is 0 Å². The summed E-state index contributed by atoms with van der Waals surface area (Å²) in [5.74, 6) is 0.972. The number of ether oxygens (including phenoxy) is 1. The van der Waals surface area contributed by atoms with Gasteiger partial charge in [-0.1, -0.05) is 52.0 Å². The third-order valence-electron chi connectivity index (χ3n) is 3.18. The van der Waals surface area contributed by atoms with Gasteiger partial charge in [-0.25, -0.2) is 0 Å². The Labute approximate surface area is 124 Å². The van der Waals surface area contributed by atoms with Crippen molar-refractivity contribution in [3.05, 3.63) is 41.5 Å². The fraction of sp³-hybridized carbons (Fsp3) is 0.556. The van der Waals surface area contributed by atoms with Gasteiger partial charge >= 0.3 is 0 Å². The van der Waals surface area contributed by atoms with Gasteiger partial charge in [-0.3, -0.25) is 0 Å². The highest BCUT2D eigenvalue weighted by Crippen LogP contribution is 2.32. The van der Waals surface area contributed by atoms with Gasteiger partial charge in [0.05, 0.1) is 0 Å². The van der Waals surface area contributed by atoms with Gasteiger partial charge in [0, 0.05) is 6.54 Å². The van der Waals surface area contributed by atoms with Crippen LogP contribution in [0.3, 0.4) is 0 Å². The van der Waals surface area contributed by atoms with Gasteiger partial charge < -0.3 is 10.1 Å². The molecule has 0 aliphatic heterocycles. The predicted octanol–water partition coefficient (Wildman–Crippen LogP) is 4.23. The van der Waals surface area contributed by atoms with Crippen LogP contribution in [-0.4, -0.2) is 19.7 Å². The molecule has 0 saturated carbocycles. The Kier molecular flexibility index (Phi) is 6.28. The van der Waals surface area contributed by atoms with E-state index in [1.807, 2.05) is 0 Å². The van der Waals surface area contributed by atoms with Crippen LogP contribution < -0.4 is 10.1 Å². The molecule has 0 spiro atoms. The maximum absolute atomic E-state index is 5.97. The highest BCUT2D eigenvalue weighted by molar-refractivity contribution is 5.41. The van der Waals surface area contributed by atoms with Gasteiger partial charge in [-0.05, 0) is 42.5 Å². The monoisotopic (exact) mass is 275 g/mol. The fourth-order valence-corrected chi connectivity index (χ4v) is 2.03. The van der Waals surface area contributed by atoms with Gasteiger partial charge in [-0.15, -0.1) is 0 Å². The minimum atomic E-state index is 0.0865. The molecule has 1 aromatic carbocycles. The Morgan fingerprint density at radius 1 is 1.30 bits per heavy atom. The maximum atomic E-state index is 5.97. The first-order chi connectivity index (χ1) is 9.34. The molecule has 0 aromatic heterocycles. The average Bonchev–Trinajstić information content (AvgIpc) is 2.36. The lowest BCUT2D eigenvalue weighted by molar-refractivity contribution is 0.337. The van der Waals surface area contributed by atoms with Crippen LogP contribution in [0.25, 0.3) is 0 Å².